The number of rotatable bonds is 5. The number of aromatic nitrogens is 2. The predicted octanol–water partition coefficient (Wildman–Crippen LogP) is 5.59. The maximum atomic E-state index is 14.4. The number of anilines is 3. The lowest BCUT2D eigenvalue weighted by Gasteiger charge is -2.37. The molecule has 1 aliphatic rings. The molecule has 5 rings (SSSR count). The smallest absolute Gasteiger partial charge is 0.229 e. The largest absolute Gasteiger partial charge is 0.494 e. The molecule has 0 aliphatic carbocycles. The maximum Gasteiger partial charge on any atom is 0.229 e. The molecular weight excluding hydrogens is 410 g/mol. The van der Waals surface area contributed by atoms with Crippen LogP contribution in [-0.4, -0.2) is 30.3 Å². The summed E-state index contributed by atoms with van der Waals surface area (Å²) >= 11 is 0. The van der Waals surface area contributed by atoms with Crippen molar-refractivity contribution in [1.29, 1.82) is 0 Å². The number of ether oxygens (including phenoxy) is 1. The second kappa shape index (κ2) is 8.42. The highest BCUT2D eigenvalue weighted by Gasteiger charge is 2.30. The maximum absolute atomic E-state index is 14.4. The highest BCUT2D eigenvalue weighted by atomic mass is 19.1. The quantitative estimate of drug-likeness (QED) is 0.445. The molecule has 3 aromatic carbocycles. The highest BCUT2D eigenvalue weighted by Crippen LogP contribution is 2.38. The van der Waals surface area contributed by atoms with Crippen LogP contribution >= 0.6 is 0 Å². The van der Waals surface area contributed by atoms with Crippen molar-refractivity contribution in [2.45, 2.75) is 12.5 Å². The van der Waals surface area contributed by atoms with E-state index < -0.39 is 12.7 Å². The summed E-state index contributed by atoms with van der Waals surface area (Å²) in [5, 5.41) is 3.93. The molecule has 32 heavy (non-hydrogen) atoms. The van der Waals surface area contributed by atoms with Gasteiger partial charge in [0.05, 0.1) is 13.2 Å². The first-order chi connectivity index (χ1) is 15.7. The number of fused-ring (bicyclic) bond motifs is 2. The van der Waals surface area contributed by atoms with Crippen LogP contribution in [-0.2, 0) is 6.42 Å². The van der Waals surface area contributed by atoms with E-state index in [2.05, 4.69) is 16.4 Å². The Hall–Kier alpha value is -3.74. The normalized spacial score (nSPS) is 15.5. The Morgan fingerprint density at radius 3 is 2.62 bits per heavy atom. The van der Waals surface area contributed by atoms with Gasteiger partial charge in [-0.05, 0) is 53.9 Å². The van der Waals surface area contributed by atoms with Gasteiger partial charge in [-0.3, -0.25) is 0 Å². The van der Waals surface area contributed by atoms with Gasteiger partial charge in [-0.1, -0.05) is 30.3 Å². The predicted molar refractivity (Wildman–Crippen MR) is 122 cm³/mol. The number of benzene rings is 3. The van der Waals surface area contributed by atoms with Gasteiger partial charge in [0.2, 0.25) is 5.95 Å². The number of alkyl halides is 1. The lowest BCUT2D eigenvalue weighted by molar-refractivity contribution is 0.405. The molecule has 0 bridgehead atoms. The number of nitrogens with zero attached hydrogens (tertiary/aromatic N) is 3. The highest BCUT2D eigenvalue weighted by molar-refractivity contribution is 5.95. The van der Waals surface area contributed by atoms with E-state index in [0.29, 0.717) is 35.3 Å². The molecule has 1 N–H and O–H groups in total. The third kappa shape index (κ3) is 3.60. The van der Waals surface area contributed by atoms with Gasteiger partial charge in [0.1, 0.15) is 29.6 Å². The number of para-hydroxylation sites is 1. The van der Waals surface area contributed by atoms with Crippen molar-refractivity contribution >= 4 is 28.4 Å². The van der Waals surface area contributed by atoms with Crippen molar-refractivity contribution in [1.82, 2.24) is 9.97 Å². The summed E-state index contributed by atoms with van der Waals surface area (Å²) in [6.45, 7) is 0.0954. The number of nitrogens with one attached hydrogen (secondary N) is 1. The van der Waals surface area contributed by atoms with Crippen molar-refractivity contribution in [3.05, 3.63) is 83.7 Å². The van der Waals surface area contributed by atoms with Crippen molar-refractivity contribution < 1.29 is 13.5 Å². The molecule has 7 heteroatoms. The van der Waals surface area contributed by atoms with E-state index in [0.717, 1.165) is 22.9 Å². The summed E-state index contributed by atoms with van der Waals surface area (Å²) in [6, 6.07) is 19.1. The molecule has 4 aromatic rings. The fourth-order valence-corrected chi connectivity index (χ4v) is 4.28. The molecule has 0 radical (unpaired) electrons. The first-order valence-corrected chi connectivity index (χ1v) is 10.5. The minimum atomic E-state index is -0.535. The summed E-state index contributed by atoms with van der Waals surface area (Å²) in [5.74, 6) is 1.24. The van der Waals surface area contributed by atoms with Crippen LogP contribution in [0.1, 0.15) is 17.2 Å². The Morgan fingerprint density at radius 1 is 1.03 bits per heavy atom. The van der Waals surface area contributed by atoms with Crippen molar-refractivity contribution in [3.63, 3.8) is 0 Å². The topological polar surface area (TPSA) is 50.3 Å². The molecule has 1 aromatic heterocycles. The van der Waals surface area contributed by atoms with Gasteiger partial charge in [0, 0.05) is 17.6 Å². The van der Waals surface area contributed by atoms with Crippen LogP contribution in [0.2, 0.25) is 0 Å². The van der Waals surface area contributed by atoms with Crippen molar-refractivity contribution in [2.75, 3.05) is 30.5 Å². The molecule has 1 aliphatic heterocycles. The van der Waals surface area contributed by atoms with Crippen LogP contribution in [0, 0.1) is 5.82 Å². The van der Waals surface area contributed by atoms with Gasteiger partial charge in [-0.25, -0.2) is 13.8 Å². The van der Waals surface area contributed by atoms with Gasteiger partial charge < -0.3 is 15.0 Å². The summed E-state index contributed by atoms with van der Waals surface area (Å²) in [7, 11) is 1.59. The van der Waals surface area contributed by atoms with E-state index in [4.69, 9.17) is 9.72 Å². The van der Waals surface area contributed by atoms with Crippen LogP contribution < -0.4 is 15.0 Å². The molecule has 0 spiro atoms. The molecule has 0 amide bonds. The molecule has 1 atom stereocenters. The van der Waals surface area contributed by atoms with Crippen LogP contribution in [0.3, 0.4) is 0 Å². The van der Waals surface area contributed by atoms with Crippen LogP contribution in [0.25, 0.3) is 10.9 Å². The van der Waals surface area contributed by atoms with E-state index in [1.165, 1.54) is 12.1 Å². The minimum Gasteiger partial charge on any atom is -0.494 e. The number of methoxy groups -OCH3 is 1. The Bertz CT molecular complexity index is 1260. The van der Waals surface area contributed by atoms with Gasteiger partial charge in [-0.2, -0.15) is 4.98 Å². The fraction of sp³-hybridized carbons (Fsp3) is 0.200. The summed E-state index contributed by atoms with van der Waals surface area (Å²) < 4.78 is 33.2. The SMILES string of the molecule is COc1cccc2c(N3CCc4ccccc4C3CF)nc(Nc3ccc(F)cc3)nc12. The second-order valence-electron chi connectivity index (χ2n) is 7.67. The third-order valence-corrected chi connectivity index (χ3v) is 5.82. The van der Waals surface area contributed by atoms with E-state index in [9.17, 15) is 8.78 Å². The van der Waals surface area contributed by atoms with Crippen LogP contribution in [0.15, 0.2) is 66.7 Å². The second-order valence-corrected chi connectivity index (χ2v) is 7.67. The Kier molecular flexibility index (Phi) is 5.31. The van der Waals surface area contributed by atoms with E-state index in [1.54, 1.807) is 19.2 Å². The monoisotopic (exact) mass is 432 g/mol. The molecule has 1 unspecified atom stereocenters. The molecule has 2 heterocycles. The molecular formula is C25H22F2N4O. The Labute approximate surface area is 184 Å². The number of halogens is 2. The third-order valence-electron chi connectivity index (χ3n) is 5.82. The minimum absolute atomic E-state index is 0.324. The van der Waals surface area contributed by atoms with E-state index in [1.807, 2.05) is 41.3 Å². The van der Waals surface area contributed by atoms with Gasteiger partial charge in [-0.15, -0.1) is 0 Å². The Morgan fingerprint density at radius 2 is 1.84 bits per heavy atom. The van der Waals surface area contributed by atoms with Gasteiger partial charge >= 0.3 is 0 Å². The zero-order chi connectivity index (χ0) is 22.1. The molecule has 0 saturated carbocycles. The lowest BCUT2D eigenvalue weighted by atomic mass is 9.93. The van der Waals surface area contributed by atoms with E-state index >= 15 is 0 Å². The van der Waals surface area contributed by atoms with Crippen LogP contribution in [0.4, 0.5) is 26.2 Å². The average molecular weight is 432 g/mol. The zero-order valence-electron chi connectivity index (χ0n) is 17.6. The molecule has 5 nitrogen and oxygen atoms in total. The summed E-state index contributed by atoms with van der Waals surface area (Å²) in [5.41, 5.74) is 3.41. The summed E-state index contributed by atoms with van der Waals surface area (Å²) in [6.07, 6.45) is 0.795. The number of hydrogen-bond donors (Lipinski definition) is 1. The number of hydrogen-bond acceptors (Lipinski definition) is 5. The van der Waals surface area contributed by atoms with E-state index in [-0.39, 0.29) is 5.82 Å². The Balaban J connectivity index is 1.65. The molecule has 0 fully saturated rings. The summed E-state index contributed by atoms with van der Waals surface area (Å²) in [4.78, 5) is 11.4. The van der Waals surface area contributed by atoms with Gasteiger partial charge in [0.25, 0.3) is 0 Å². The zero-order valence-corrected chi connectivity index (χ0v) is 17.6. The van der Waals surface area contributed by atoms with Crippen LogP contribution in [0.5, 0.6) is 5.75 Å². The standard InChI is InChI=1S/C25H22F2N4O/c1-32-22-8-4-7-20-23(22)29-25(28-18-11-9-17(27)10-12-18)30-24(20)31-14-13-16-5-2-3-6-19(16)21(31)15-26/h2-12,21H,13-15H2,1H3,(H,28,29,30). The molecule has 0 saturated heterocycles. The van der Waals surface area contributed by atoms with Gasteiger partial charge in [0.15, 0.2) is 0 Å². The average Bonchev–Trinajstić information content (AvgIpc) is 2.84. The van der Waals surface area contributed by atoms with Crippen molar-refractivity contribution in [3.8, 4) is 5.75 Å². The van der Waals surface area contributed by atoms with Crippen molar-refractivity contribution in [2.24, 2.45) is 0 Å². The first-order valence-electron chi connectivity index (χ1n) is 10.5. The molecule has 162 valence electrons. The first kappa shape index (κ1) is 20.2. The fourth-order valence-electron chi connectivity index (χ4n) is 4.28. The lowest BCUT2D eigenvalue weighted by Crippen LogP contribution is -2.37.